The minimum Gasteiger partial charge on any atom is -0.347 e. The summed E-state index contributed by atoms with van der Waals surface area (Å²) < 4.78 is 63.3. The zero-order chi connectivity index (χ0) is 19.2. The number of benzene rings is 1. The highest BCUT2D eigenvalue weighted by Crippen LogP contribution is 2.32. The maximum atomic E-state index is 13.0. The fraction of sp³-hybridized carbons (Fsp3) is 0.429. The van der Waals surface area contributed by atoms with E-state index in [9.17, 15) is 21.6 Å². The molecule has 0 fully saturated rings. The fourth-order valence-electron chi connectivity index (χ4n) is 2.33. The van der Waals surface area contributed by atoms with Gasteiger partial charge in [-0.05, 0) is 36.6 Å². The molecule has 1 aromatic carbocycles. The van der Waals surface area contributed by atoms with Crippen LogP contribution in [0.25, 0.3) is 5.69 Å². The number of hydrogen-bond donors (Lipinski definition) is 0. The van der Waals surface area contributed by atoms with Crippen molar-refractivity contribution in [3.05, 3.63) is 29.1 Å². The second-order valence-corrected chi connectivity index (χ2v) is 8.11. The summed E-state index contributed by atoms with van der Waals surface area (Å²) >= 11 is 0. The molecular weight excluding hydrogens is 381 g/mol. The minimum atomic E-state index is -4.70. The molecule has 0 atom stereocenters. The summed E-state index contributed by atoms with van der Waals surface area (Å²) in [6.45, 7) is 3.25. The van der Waals surface area contributed by atoms with E-state index < -0.39 is 21.1 Å². The van der Waals surface area contributed by atoms with E-state index in [0.29, 0.717) is 23.2 Å². The van der Waals surface area contributed by atoms with E-state index in [1.165, 1.54) is 38.1 Å². The molecule has 1 aromatic heterocycles. The van der Waals surface area contributed by atoms with Crippen molar-refractivity contribution in [1.82, 2.24) is 14.8 Å². The van der Waals surface area contributed by atoms with Gasteiger partial charge < -0.3 is 4.90 Å². The molecule has 1 heterocycles. The van der Waals surface area contributed by atoms with Gasteiger partial charge in [-0.15, -0.1) is 5.10 Å². The summed E-state index contributed by atoms with van der Waals surface area (Å²) in [5, 5.41) is 3.57. The van der Waals surface area contributed by atoms with E-state index in [4.69, 9.17) is 10.7 Å². The van der Waals surface area contributed by atoms with Crippen LogP contribution in [-0.4, -0.2) is 37.3 Å². The Balaban J connectivity index is 2.78. The molecule has 0 saturated carbocycles. The van der Waals surface area contributed by atoms with Crippen LogP contribution in [0.15, 0.2) is 17.0 Å². The average molecular weight is 397 g/mol. The number of halogens is 4. The Morgan fingerprint density at radius 1 is 1.28 bits per heavy atom. The number of aryl methyl sites for hydroxylation is 2. The Labute approximate surface area is 147 Å². The predicted octanol–water partition coefficient (Wildman–Crippen LogP) is 3.15. The highest BCUT2D eigenvalue weighted by molar-refractivity contribution is 8.13. The summed E-state index contributed by atoms with van der Waals surface area (Å²) in [5.74, 6) is -1.30. The van der Waals surface area contributed by atoms with Gasteiger partial charge in [0.2, 0.25) is 5.95 Å². The van der Waals surface area contributed by atoms with Gasteiger partial charge in [0.15, 0.2) is 0 Å². The normalized spacial score (nSPS) is 12.5. The third-order valence-corrected chi connectivity index (χ3v) is 4.96. The van der Waals surface area contributed by atoms with Crippen LogP contribution in [0.1, 0.15) is 23.9 Å². The van der Waals surface area contributed by atoms with Gasteiger partial charge in [0.05, 0.1) is 10.6 Å². The molecule has 0 aliphatic heterocycles. The van der Waals surface area contributed by atoms with Gasteiger partial charge in [-0.25, -0.2) is 8.42 Å². The first kappa shape index (κ1) is 19.5. The largest absolute Gasteiger partial charge is 0.453 e. The van der Waals surface area contributed by atoms with Crippen LogP contribution in [0.2, 0.25) is 0 Å². The van der Waals surface area contributed by atoms with Crippen LogP contribution >= 0.6 is 10.7 Å². The number of nitrogens with zero attached hydrogens (tertiary/aromatic N) is 4. The van der Waals surface area contributed by atoms with Crippen molar-refractivity contribution in [3.8, 4) is 5.69 Å². The Hall–Kier alpha value is -1.81. The third-order valence-electron chi connectivity index (χ3n) is 3.49. The SMILES string of the molecule is CCc1cc(S(=O)(=O)Cl)c(C)cc1-n1nc(C(F)(F)F)nc1N(C)C. The third kappa shape index (κ3) is 3.90. The smallest absolute Gasteiger partial charge is 0.347 e. The van der Waals surface area contributed by atoms with E-state index in [1.807, 2.05) is 0 Å². The Morgan fingerprint density at radius 3 is 2.32 bits per heavy atom. The van der Waals surface area contributed by atoms with Crippen molar-refractivity contribution in [2.75, 3.05) is 19.0 Å². The Bertz CT molecular complexity index is 908. The van der Waals surface area contributed by atoms with Gasteiger partial charge in [-0.2, -0.15) is 22.8 Å². The zero-order valence-electron chi connectivity index (χ0n) is 13.9. The van der Waals surface area contributed by atoms with Gasteiger partial charge in [0.25, 0.3) is 14.9 Å². The molecule has 0 spiro atoms. The molecule has 0 N–H and O–H groups in total. The zero-order valence-corrected chi connectivity index (χ0v) is 15.5. The van der Waals surface area contributed by atoms with Gasteiger partial charge in [-0.1, -0.05) is 6.92 Å². The van der Waals surface area contributed by atoms with Crippen molar-refractivity contribution in [1.29, 1.82) is 0 Å². The number of aromatic nitrogens is 3. The quantitative estimate of drug-likeness (QED) is 0.742. The average Bonchev–Trinajstić information content (AvgIpc) is 2.90. The van der Waals surface area contributed by atoms with Gasteiger partial charge in [0, 0.05) is 24.8 Å². The molecule has 25 heavy (non-hydrogen) atoms. The van der Waals surface area contributed by atoms with Crippen molar-refractivity contribution >= 4 is 25.7 Å². The predicted molar refractivity (Wildman–Crippen MR) is 87.8 cm³/mol. The summed E-state index contributed by atoms with van der Waals surface area (Å²) in [7, 11) is 4.52. The van der Waals surface area contributed by atoms with Gasteiger partial charge >= 0.3 is 6.18 Å². The van der Waals surface area contributed by atoms with E-state index in [1.54, 1.807) is 6.92 Å². The molecule has 0 aliphatic rings. The maximum Gasteiger partial charge on any atom is 0.453 e. The lowest BCUT2D eigenvalue weighted by atomic mass is 10.1. The molecule has 6 nitrogen and oxygen atoms in total. The summed E-state index contributed by atoms with van der Waals surface area (Å²) in [6.07, 6.45) is -4.33. The monoisotopic (exact) mass is 396 g/mol. The van der Waals surface area contributed by atoms with Crippen molar-refractivity contribution < 1.29 is 21.6 Å². The molecule has 0 aliphatic carbocycles. The highest BCUT2D eigenvalue weighted by atomic mass is 35.7. The van der Waals surface area contributed by atoms with Crippen molar-refractivity contribution in [2.45, 2.75) is 31.3 Å². The number of alkyl halides is 3. The van der Waals surface area contributed by atoms with E-state index >= 15 is 0 Å². The summed E-state index contributed by atoms with van der Waals surface area (Å²) in [4.78, 5) is 4.85. The molecule has 138 valence electrons. The molecule has 0 radical (unpaired) electrons. The second kappa shape index (κ2) is 6.49. The van der Waals surface area contributed by atoms with Crippen LogP contribution in [0, 0.1) is 6.92 Å². The van der Waals surface area contributed by atoms with Gasteiger partial charge in [0.1, 0.15) is 0 Å². The van der Waals surface area contributed by atoms with Gasteiger partial charge in [-0.3, -0.25) is 0 Å². The number of hydrogen-bond acceptors (Lipinski definition) is 5. The first-order chi connectivity index (χ1) is 11.4. The summed E-state index contributed by atoms with van der Waals surface area (Å²) in [5.41, 5.74) is 1.10. The Morgan fingerprint density at radius 2 is 1.88 bits per heavy atom. The van der Waals surface area contributed by atoms with E-state index in [2.05, 4.69) is 10.1 Å². The topological polar surface area (TPSA) is 68.1 Å². The van der Waals surface area contributed by atoms with Crippen molar-refractivity contribution in [2.24, 2.45) is 0 Å². The fourth-order valence-corrected chi connectivity index (χ4v) is 3.56. The van der Waals surface area contributed by atoms with Crippen LogP contribution in [-0.2, 0) is 21.6 Å². The second-order valence-electron chi connectivity index (χ2n) is 5.58. The number of rotatable bonds is 4. The first-order valence-corrected chi connectivity index (χ1v) is 9.47. The molecule has 11 heteroatoms. The molecule has 2 aromatic rings. The lowest BCUT2D eigenvalue weighted by Gasteiger charge is -2.16. The van der Waals surface area contributed by atoms with Crippen molar-refractivity contribution in [3.63, 3.8) is 0 Å². The molecule has 0 saturated heterocycles. The summed E-state index contributed by atoms with van der Waals surface area (Å²) in [6, 6.07) is 2.79. The molecule has 2 rings (SSSR count). The van der Waals surface area contributed by atoms with Crippen LogP contribution in [0.5, 0.6) is 0 Å². The number of anilines is 1. The molecule has 0 amide bonds. The van der Waals surface area contributed by atoms with E-state index in [0.717, 1.165) is 4.68 Å². The Kier molecular flexibility index (Phi) is 5.06. The lowest BCUT2D eigenvalue weighted by Crippen LogP contribution is -2.16. The minimum absolute atomic E-state index is 0.0251. The lowest BCUT2D eigenvalue weighted by molar-refractivity contribution is -0.144. The molecular formula is C14H16ClF3N4O2S. The van der Waals surface area contributed by atoms with E-state index in [-0.39, 0.29) is 10.8 Å². The first-order valence-electron chi connectivity index (χ1n) is 7.16. The standard InChI is InChI=1S/C14H16ClF3N4O2S/c1-5-9-7-11(25(15,23)24)8(2)6-10(9)22-13(21(3)4)19-12(20-22)14(16,17)18/h6-7H,5H2,1-4H3. The van der Waals surface area contributed by atoms with Crippen LogP contribution in [0.3, 0.4) is 0 Å². The van der Waals surface area contributed by atoms with Crippen LogP contribution in [0.4, 0.5) is 19.1 Å². The highest BCUT2D eigenvalue weighted by Gasteiger charge is 2.38. The molecule has 0 bridgehead atoms. The maximum absolute atomic E-state index is 13.0. The van der Waals surface area contributed by atoms with Crippen LogP contribution < -0.4 is 4.90 Å². The molecule has 0 unspecified atom stereocenters.